The lowest BCUT2D eigenvalue weighted by Crippen LogP contribution is -2.33. The molecule has 2 unspecified atom stereocenters. The average Bonchev–Trinajstić information content (AvgIpc) is 3.20. The minimum atomic E-state index is 0.501. The van der Waals surface area contributed by atoms with Crippen LogP contribution in [0.25, 0.3) is 21.5 Å². The second-order valence-corrected chi connectivity index (χ2v) is 6.78. The Kier molecular flexibility index (Phi) is 3.93. The summed E-state index contributed by atoms with van der Waals surface area (Å²) in [6.07, 6.45) is 2.86. The molecule has 0 bridgehead atoms. The first-order chi connectivity index (χ1) is 11.3. The molecule has 0 saturated carbocycles. The molecule has 2 atom stereocenters. The van der Waals surface area contributed by atoms with Crippen LogP contribution in [0.15, 0.2) is 36.7 Å². The van der Waals surface area contributed by atoms with Crippen molar-refractivity contribution in [2.45, 2.75) is 19.4 Å². The van der Waals surface area contributed by atoms with Crippen molar-refractivity contribution >= 4 is 27.6 Å². The maximum atomic E-state index is 4.60. The van der Waals surface area contributed by atoms with Crippen molar-refractivity contribution < 1.29 is 0 Å². The van der Waals surface area contributed by atoms with Gasteiger partial charge in [-0.25, -0.2) is 9.97 Å². The molecular weight excluding hydrogens is 306 g/mol. The molecule has 118 valence electrons. The molecule has 2 N–H and O–H groups in total. The molecule has 0 spiro atoms. The van der Waals surface area contributed by atoms with Crippen molar-refractivity contribution in [3.63, 3.8) is 0 Å². The fourth-order valence-electron chi connectivity index (χ4n) is 3.05. The van der Waals surface area contributed by atoms with E-state index >= 15 is 0 Å². The van der Waals surface area contributed by atoms with E-state index in [0.717, 1.165) is 40.4 Å². The normalized spacial score (nSPS) is 20.9. The molecule has 4 rings (SSSR count). The van der Waals surface area contributed by atoms with E-state index in [9.17, 15) is 0 Å². The zero-order valence-electron chi connectivity index (χ0n) is 13.0. The summed E-state index contributed by atoms with van der Waals surface area (Å²) in [6, 6.07) is 10.7. The van der Waals surface area contributed by atoms with Gasteiger partial charge < -0.3 is 10.6 Å². The lowest BCUT2D eigenvalue weighted by molar-refractivity contribution is 0.501. The molecule has 6 heteroatoms. The Labute approximate surface area is 139 Å². The number of benzene rings is 1. The predicted molar refractivity (Wildman–Crippen MR) is 94.7 cm³/mol. The Balaban J connectivity index is 1.63. The van der Waals surface area contributed by atoms with Gasteiger partial charge in [0.15, 0.2) is 0 Å². The monoisotopic (exact) mass is 325 g/mol. The maximum Gasteiger partial charge on any atom is 0.149 e. The molecule has 23 heavy (non-hydrogen) atoms. The first-order valence-corrected chi connectivity index (χ1v) is 8.73. The van der Waals surface area contributed by atoms with Gasteiger partial charge in [0.05, 0.1) is 0 Å². The van der Waals surface area contributed by atoms with Gasteiger partial charge in [0, 0.05) is 18.2 Å². The molecule has 1 aliphatic heterocycles. The van der Waals surface area contributed by atoms with E-state index in [4.69, 9.17) is 0 Å². The minimum Gasteiger partial charge on any atom is -0.367 e. The first kappa shape index (κ1) is 14.5. The van der Waals surface area contributed by atoms with Gasteiger partial charge in [-0.3, -0.25) is 0 Å². The molecule has 0 radical (unpaired) electrons. The summed E-state index contributed by atoms with van der Waals surface area (Å²) in [5, 5.41) is 7.02. The summed E-state index contributed by atoms with van der Waals surface area (Å²) < 4.78 is 5.63. The van der Waals surface area contributed by atoms with Crippen LogP contribution in [-0.4, -0.2) is 33.5 Å². The van der Waals surface area contributed by atoms with E-state index in [2.05, 4.69) is 44.0 Å². The third kappa shape index (κ3) is 2.80. The van der Waals surface area contributed by atoms with Crippen LogP contribution in [0.1, 0.15) is 13.3 Å². The quantitative estimate of drug-likeness (QED) is 0.771. The number of hydrogen-bond donors (Lipinski definition) is 2. The molecule has 0 aliphatic carbocycles. The number of anilines is 1. The molecule has 0 amide bonds. The van der Waals surface area contributed by atoms with Gasteiger partial charge in [-0.05, 0) is 30.4 Å². The van der Waals surface area contributed by atoms with Gasteiger partial charge in [0.2, 0.25) is 0 Å². The molecule has 3 heterocycles. The zero-order valence-corrected chi connectivity index (χ0v) is 13.8. The van der Waals surface area contributed by atoms with E-state index < -0.39 is 0 Å². The Hall–Kier alpha value is -2.05. The van der Waals surface area contributed by atoms with Crippen LogP contribution < -0.4 is 10.6 Å². The molecule has 3 aromatic rings. The summed E-state index contributed by atoms with van der Waals surface area (Å²) in [4.78, 5) is 8.87. The van der Waals surface area contributed by atoms with E-state index in [1.165, 1.54) is 18.0 Å². The Morgan fingerprint density at radius 1 is 1.26 bits per heavy atom. The van der Waals surface area contributed by atoms with Gasteiger partial charge in [0.1, 0.15) is 28.1 Å². The Morgan fingerprint density at radius 2 is 2.13 bits per heavy atom. The van der Waals surface area contributed by atoms with Gasteiger partial charge in [-0.15, -0.1) is 0 Å². The van der Waals surface area contributed by atoms with Crippen molar-refractivity contribution in [2.75, 3.05) is 18.4 Å². The number of nitrogens with one attached hydrogen (secondary N) is 2. The summed E-state index contributed by atoms with van der Waals surface area (Å²) in [5.41, 5.74) is 2.95. The van der Waals surface area contributed by atoms with Crippen molar-refractivity contribution in [1.29, 1.82) is 0 Å². The molecule has 1 aliphatic rings. The van der Waals surface area contributed by atoms with Crippen LogP contribution in [0.2, 0.25) is 0 Å². The summed E-state index contributed by atoms with van der Waals surface area (Å²) in [6.45, 7) is 4.28. The molecule has 1 fully saturated rings. The lowest BCUT2D eigenvalue weighted by Gasteiger charge is -2.16. The van der Waals surface area contributed by atoms with Gasteiger partial charge in [-0.2, -0.15) is 4.37 Å². The number of rotatable bonds is 4. The highest BCUT2D eigenvalue weighted by Crippen LogP contribution is 2.32. The van der Waals surface area contributed by atoms with Crippen molar-refractivity contribution in [3.05, 3.63) is 36.7 Å². The highest BCUT2D eigenvalue weighted by molar-refractivity contribution is 7.14. The number of nitrogens with zero attached hydrogens (tertiary/aromatic N) is 3. The van der Waals surface area contributed by atoms with E-state index in [1.807, 2.05) is 18.2 Å². The molecule has 2 aromatic heterocycles. The van der Waals surface area contributed by atoms with Crippen LogP contribution in [0.5, 0.6) is 0 Å². The summed E-state index contributed by atoms with van der Waals surface area (Å²) >= 11 is 1.46. The smallest absolute Gasteiger partial charge is 0.149 e. The second kappa shape index (κ2) is 6.22. The number of fused-ring (bicyclic) bond motifs is 1. The van der Waals surface area contributed by atoms with Gasteiger partial charge >= 0.3 is 0 Å². The average molecular weight is 325 g/mol. The Morgan fingerprint density at radius 3 is 2.91 bits per heavy atom. The van der Waals surface area contributed by atoms with Crippen molar-refractivity contribution in [2.24, 2.45) is 5.92 Å². The second-order valence-electron chi connectivity index (χ2n) is 6.00. The predicted octanol–water partition coefficient (Wildman–Crippen LogP) is 3.16. The van der Waals surface area contributed by atoms with Crippen LogP contribution in [0.4, 0.5) is 5.82 Å². The fraction of sp³-hybridized carbons (Fsp3) is 0.353. The van der Waals surface area contributed by atoms with Crippen molar-refractivity contribution in [3.8, 4) is 11.3 Å². The van der Waals surface area contributed by atoms with E-state index in [0.29, 0.717) is 12.0 Å². The largest absolute Gasteiger partial charge is 0.367 e. The standard InChI is InChI=1S/C17H19N5S/c1-11-7-8-18-13(11)9-19-17-16-15(20-10-21-17)14(22-23-16)12-5-3-2-4-6-12/h2-6,10-11,13,18H,7-9H2,1H3,(H,19,20,21). The summed E-state index contributed by atoms with van der Waals surface area (Å²) in [7, 11) is 0. The maximum absolute atomic E-state index is 4.60. The van der Waals surface area contributed by atoms with Crippen LogP contribution >= 0.6 is 11.5 Å². The van der Waals surface area contributed by atoms with E-state index in [1.54, 1.807) is 6.33 Å². The summed E-state index contributed by atoms with van der Waals surface area (Å²) in [5.74, 6) is 1.58. The lowest BCUT2D eigenvalue weighted by atomic mass is 10.0. The third-order valence-electron chi connectivity index (χ3n) is 4.49. The first-order valence-electron chi connectivity index (χ1n) is 7.96. The van der Waals surface area contributed by atoms with Crippen LogP contribution in [0, 0.1) is 5.92 Å². The van der Waals surface area contributed by atoms with Crippen LogP contribution in [0.3, 0.4) is 0 Å². The highest BCUT2D eigenvalue weighted by Gasteiger charge is 2.23. The molecule has 5 nitrogen and oxygen atoms in total. The topological polar surface area (TPSA) is 62.7 Å². The van der Waals surface area contributed by atoms with Gasteiger partial charge in [-0.1, -0.05) is 37.3 Å². The zero-order chi connectivity index (χ0) is 15.6. The number of aromatic nitrogens is 3. The molecule has 1 saturated heterocycles. The number of hydrogen-bond acceptors (Lipinski definition) is 6. The van der Waals surface area contributed by atoms with Crippen LogP contribution in [-0.2, 0) is 0 Å². The van der Waals surface area contributed by atoms with Crippen molar-refractivity contribution in [1.82, 2.24) is 19.7 Å². The highest BCUT2D eigenvalue weighted by atomic mass is 32.1. The fourth-order valence-corrected chi connectivity index (χ4v) is 3.88. The molecular formula is C17H19N5S. The van der Waals surface area contributed by atoms with Gasteiger partial charge in [0.25, 0.3) is 0 Å². The SMILES string of the molecule is CC1CCNC1CNc1ncnc2c(-c3ccccc3)nsc12. The van der Waals surface area contributed by atoms with E-state index in [-0.39, 0.29) is 0 Å². The Bertz CT molecular complexity index is 801. The third-order valence-corrected chi connectivity index (χ3v) is 5.33. The minimum absolute atomic E-state index is 0.501. The molecule has 1 aromatic carbocycles.